The van der Waals surface area contributed by atoms with Gasteiger partial charge in [0.25, 0.3) is 0 Å². The molecule has 1 unspecified atom stereocenters. The average Bonchev–Trinajstić information content (AvgIpc) is 2.45. The van der Waals surface area contributed by atoms with Gasteiger partial charge in [-0.1, -0.05) is 24.3 Å². The van der Waals surface area contributed by atoms with E-state index in [9.17, 15) is 0 Å². The molecule has 0 amide bonds. The molecule has 0 fully saturated rings. The zero-order valence-electron chi connectivity index (χ0n) is 13.9. The first-order chi connectivity index (χ1) is 9.62. The Labute approximate surface area is 127 Å². The van der Waals surface area contributed by atoms with E-state index in [0.717, 1.165) is 11.0 Å². The van der Waals surface area contributed by atoms with E-state index in [1.54, 1.807) is 0 Å². The van der Waals surface area contributed by atoms with Crippen LogP contribution in [0.2, 0.25) is 0 Å². The minimum atomic E-state index is -0.192. The Morgan fingerprint density at radius 3 is 2.24 bits per heavy atom. The van der Waals surface area contributed by atoms with Crippen molar-refractivity contribution in [3.63, 3.8) is 0 Å². The second-order valence-corrected chi connectivity index (χ2v) is 7.42. The highest BCUT2D eigenvalue weighted by atomic mass is 16.5. The van der Waals surface area contributed by atoms with Gasteiger partial charge in [0.1, 0.15) is 11.4 Å². The second-order valence-electron chi connectivity index (χ2n) is 7.42. The molecule has 21 heavy (non-hydrogen) atoms. The third-order valence-electron chi connectivity index (χ3n) is 2.89. The first-order valence-corrected chi connectivity index (χ1v) is 7.50. The normalized spacial score (nSPS) is 18.3. The van der Waals surface area contributed by atoms with Crippen LogP contribution < -0.4 is 15.2 Å². The van der Waals surface area contributed by atoms with Crippen LogP contribution in [-0.2, 0) is 4.74 Å². The maximum Gasteiger partial charge on any atom is 0.120 e. The lowest BCUT2D eigenvalue weighted by atomic mass is 10.1. The maximum absolute atomic E-state index is 6.05. The van der Waals surface area contributed by atoms with E-state index in [1.807, 2.05) is 6.07 Å². The zero-order valence-corrected chi connectivity index (χ0v) is 13.9. The maximum atomic E-state index is 6.05. The van der Waals surface area contributed by atoms with E-state index in [-0.39, 0.29) is 17.3 Å². The molecule has 0 N–H and O–H groups in total. The van der Waals surface area contributed by atoms with Gasteiger partial charge in [0.15, 0.2) is 0 Å². The van der Waals surface area contributed by atoms with E-state index in [0.29, 0.717) is 0 Å². The summed E-state index contributed by atoms with van der Waals surface area (Å²) in [7, 11) is 0. The number of ether oxygens (including phenoxy) is 2. The summed E-state index contributed by atoms with van der Waals surface area (Å²) in [4.78, 5) is 0. The molecule has 1 aliphatic rings. The van der Waals surface area contributed by atoms with Crippen LogP contribution in [0.5, 0.6) is 5.75 Å². The van der Waals surface area contributed by atoms with Crippen molar-refractivity contribution in [1.82, 2.24) is 0 Å². The van der Waals surface area contributed by atoms with Crippen LogP contribution in [0.15, 0.2) is 30.4 Å². The molecule has 1 aromatic carbocycles. The van der Waals surface area contributed by atoms with Crippen LogP contribution in [0, 0.1) is 0 Å². The molecule has 1 aromatic rings. The van der Waals surface area contributed by atoms with Crippen LogP contribution in [0.4, 0.5) is 0 Å². The Morgan fingerprint density at radius 1 is 0.905 bits per heavy atom. The Kier molecular flexibility index (Phi) is 4.29. The summed E-state index contributed by atoms with van der Waals surface area (Å²) in [6, 6.07) is 6.20. The fourth-order valence-electron chi connectivity index (χ4n) is 2.25. The van der Waals surface area contributed by atoms with E-state index < -0.39 is 0 Å². The van der Waals surface area contributed by atoms with Gasteiger partial charge in [0, 0.05) is 0 Å². The Hall–Kier alpha value is -1.54. The predicted octanol–water partition coefficient (Wildman–Crippen LogP) is 3.18. The highest BCUT2D eigenvalue weighted by Gasteiger charge is 2.16. The molecule has 0 aliphatic heterocycles. The van der Waals surface area contributed by atoms with Crippen molar-refractivity contribution in [2.24, 2.45) is 0 Å². The number of allylic oxidation sites excluding steroid dienone is 1. The molecule has 114 valence electrons. The Balaban J connectivity index is 2.37. The van der Waals surface area contributed by atoms with Crippen molar-refractivity contribution >= 4 is 12.2 Å². The van der Waals surface area contributed by atoms with Gasteiger partial charge in [-0.15, -0.1) is 0 Å². The zero-order chi connectivity index (χ0) is 15.7. The monoisotopic (exact) mass is 286 g/mol. The van der Waals surface area contributed by atoms with Crippen molar-refractivity contribution in [3.8, 4) is 5.75 Å². The number of rotatable bonds is 2. The summed E-state index contributed by atoms with van der Waals surface area (Å²) in [5.41, 5.74) is -0.363. The molecule has 0 heterocycles. The van der Waals surface area contributed by atoms with Crippen LogP contribution in [0.25, 0.3) is 12.2 Å². The minimum Gasteiger partial charge on any atom is -0.488 e. The van der Waals surface area contributed by atoms with Gasteiger partial charge in [-0.25, -0.2) is 0 Å². The van der Waals surface area contributed by atoms with Crippen LogP contribution in [-0.4, -0.2) is 17.3 Å². The molecule has 0 saturated carbocycles. The standard InChI is InChI=1S/C19H26O2/c1-18(2,3)20-16-9-7-8-14-10-11-17(13-15(14)12-16)21-19(4,5)6/h7-13,16H,1-6H3. The first kappa shape index (κ1) is 15.8. The molecular weight excluding hydrogens is 260 g/mol. The quantitative estimate of drug-likeness (QED) is 0.831. The molecule has 1 aliphatic carbocycles. The summed E-state index contributed by atoms with van der Waals surface area (Å²) in [6.07, 6.45) is 8.38. The second kappa shape index (κ2) is 5.69. The van der Waals surface area contributed by atoms with Gasteiger partial charge < -0.3 is 9.47 Å². The van der Waals surface area contributed by atoms with E-state index in [4.69, 9.17) is 9.47 Å². The van der Waals surface area contributed by atoms with Gasteiger partial charge >= 0.3 is 0 Å². The van der Waals surface area contributed by atoms with E-state index >= 15 is 0 Å². The molecule has 1 atom stereocenters. The number of hydrogen-bond acceptors (Lipinski definition) is 2. The van der Waals surface area contributed by atoms with Crippen molar-refractivity contribution in [1.29, 1.82) is 0 Å². The SMILES string of the molecule is CC(C)(C)Oc1ccc2c(c1)=CC(OC(C)(C)C)C=CC=2. The largest absolute Gasteiger partial charge is 0.488 e. The molecule has 0 radical (unpaired) electrons. The fourth-order valence-corrected chi connectivity index (χ4v) is 2.25. The van der Waals surface area contributed by atoms with Crippen molar-refractivity contribution in [2.45, 2.75) is 58.8 Å². The molecule has 0 aromatic heterocycles. The third-order valence-corrected chi connectivity index (χ3v) is 2.89. The van der Waals surface area contributed by atoms with Gasteiger partial charge in [-0.05, 0) is 70.2 Å². The van der Waals surface area contributed by atoms with Gasteiger partial charge in [0.05, 0.1) is 11.7 Å². The van der Waals surface area contributed by atoms with Gasteiger partial charge in [0.2, 0.25) is 0 Å². The highest BCUT2D eigenvalue weighted by Crippen LogP contribution is 2.16. The van der Waals surface area contributed by atoms with Crippen molar-refractivity contribution in [2.75, 3.05) is 0 Å². The summed E-state index contributed by atoms with van der Waals surface area (Å²) >= 11 is 0. The van der Waals surface area contributed by atoms with E-state index in [1.165, 1.54) is 5.22 Å². The first-order valence-electron chi connectivity index (χ1n) is 7.50. The van der Waals surface area contributed by atoms with Crippen LogP contribution in [0.1, 0.15) is 41.5 Å². The lowest BCUT2D eigenvalue weighted by Crippen LogP contribution is -2.30. The molecule has 0 saturated heterocycles. The summed E-state index contributed by atoms with van der Waals surface area (Å²) in [6.45, 7) is 12.4. The number of benzene rings is 1. The van der Waals surface area contributed by atoms with Gasteiger partial charge in [-0.2, -0.15) is 0 Å². The molecule has 0 spiro atoms. The summed E-state index contributed by atoms with van der Waals surface area (Å²) in [5.74, 6) is 0.891. The Morgan fingerprint density at radius 2 is 1.62 bits per heavy atom. The van der Waals surface area contributed by atoms with Crippen LogP contribution >= 0.6 is 0 Å². The van der Waals surface area contributed by atoms with Gasteiger partial charge in [-0.3, -0.25) is 0 Å². The number of fused-ring (bicyclic) bond motifs is 1. The van der Waals surface area contributed by atoms with Crippen LogP contribution in [0.3, 0.4) is 0 Å². The lowest BCUT2D eigenvalue weighted by molar-refractivity contribution is -0.0116. The van der Waals surface area contributed by atoms with E-state index in [2.05, 4.69) is 78.0 Å². The number of hydrogen-bond donors (Lipinski definition) is 0. The molecule has 0 bridgehead atoms. The van der Waals surface area contributed by atoms with Crippen molar-refractivity contribution in [3.05, 3.63) is 40.8 Å². The smallest absolute Gasteiger partial charge is 0.120 e. The van der Waals surface area contributed by atoms with Crippen molar-refractivity contribution < 1.29 is 9.47 Å². The molecular formula is C19H26O2. The molecule has 2 nitrogen and oxygen atoms in total. The summed E-state index contributed by atoms with van der Waals surface area (Å²) in [5, 5.41) is 2.34. The Bertz CT molecular complexity index is 640. The average molecular weight is 286 g/mol. The lowest BCUT2D eigenvalue weighted by Gasteiger charge is -2.23. The summed E-state index contributed by atoms with van der Waals surface area (Å²) < 4.78 is 12.0. The fraction of sp³-hybridized carbons (Fsp3) is 0.474. The topological polar surface area (TPSA) is 18.5 Å². The molecule has 2 heteroatoms. The third kappa shape index (κ3) is 5.05. The molecule has 2 rings (SSSR count). The highest BCUT2D eigenvalue weighted by molar-refractivity contribution is 5.48. The minimum absolute atomic E-state index is 0.0209. The predicted molar refractivity (Wildman–Crippen MR) is 88.8 cm³/mol.